The van der Waals surface area contributed by atoms with Crippen LogP contribution in [0.4, 0.5) is 28.9 Å². The number of benzene rings is 1. The molecule has 1 aliphatic rings. The number of amides is 1. The van der Waals surface area contributed by atoms with Crippen molar-refractivity contribution in [1.29, 1.82) is 0 Å². The van der Waals surface area contributed by atoms with Crippen LogP contribution in [0.15, 0.2) is 35.0 Å². The maximum absolute atomic E-state index is 14.4. The van der Waals surface area contributed by atoms with Gasteiger partial charge < -0.3 is 11.1 Å². The summed E-state index contributed by atoms with van der Waals surface area (Å²) in [5.41, 5.74) is 4.34. The van der Waals surface area contributed by atoms with Crippen molar-refractivity contribution in [2.24, 2.45) is 16.6 Å². The van der Waals surface area contributed by atoms with Gasteiger partial charge in [-0.15, -0.1) is 5.10 Å². The second-order valence-electron chi connectivity index (χ2n) is 6.22. The molecule has 0 radical (unpaired) electrons. The summed E-state index contributed by atoms with van der Waals surface area (Å²) >= 11 is 0.911. The Balaban J connectivity index is 1.82. The summed E-state index contributed by atoms with van der Waals surface area (Å²) in [5, 5.41) is 6.24. The first-order valence-electron chi connectivity index (χ1n) is 8.18. The molecule has 3 N–H and O–H groups in total. The number of aryl methyl sites for hydroxylation is 1. The Kier molecular flexibility index (Phi) is 5.45. The van der Waals surface area contributed by atoms with Crippen LogP contribution in [-0.2, 0) is 0 Å². The summed E-state index contributed by atoms with van der Waals surface area (Å²) in [6, 6.07) is 3.73. The monoisotopic (exact) mass is 413 g/mol. The SMILES string of the molecule is Cc1nnsc1C(=O)Nc1ccc(N=C(C=C(N)C(F)(F)F)C2CC2)c(F)c1. The van der Waals surface area contributed by atoms with E-state index >= 15 is 0 Å². The normalized spacial score (nSPS) is 15.6. The number of nitrogens with zero attached hydrogens (tertiary/aromatic N) is 3. The van der Waals surface area contributed by atoms with Crippen LogP contribution >= 0.6 is 11.5 Å². The number of carbonyl (C=O) groups is 1. The minimum atomic E-state index is -4.67. The topological polar surface area (TPSA) is 93.3 Å². The number of rotatable bonds is 5. The van der Waals surface area contributed by atoms with Crippen LogP contribution in [0, 0.1) is 18.7 Å². The van der Waals surface area contributed by atoms with Gasteiger partial charge in [0.2, 0.25) is 0 Å². The third-order valence-electron chi connectivity index (χ3n) is 3.94. The van der Waals surface area contributed by atoms with Crippen LogP contribution in [0.2, 0.25) is 0 Å². The van der Waals surface area contributed by atoms with E-state index < -0.39 is 23.6 Å². The van der Waals surface area contributed by atoms with Gasteiger partial charge in [0, 0.05) is 17.3 Å². The van der Waals surface area contributed by atoms with Gasteiger partial charge in [0.05, 0.1) is 11.4 Å². The average molecular weight is 413 g/mol. The van der Waals surface area contributed by atoms with E-state index in [1.807, 2.05) is 0 Å². The van der Waals surface area contributed by atoms with Gasteiger partial charge in [-0.25, -0.2) is 4.39 Å². The molecule has 0 bridgehead atoms. The fraction of sp³-hybridized carbons (Fsp3) is 0.294. The smallest absolute Gasteiger partial charge is 0.395 e. The second kappa shape index (κ2) is 7.66. The lowest BCUT2D eigenvalue weighted by molar-refractivity contribution is -0.0925. The molecule has 1 amide bonds. The highest BCUT2D eigenvalue weighted by atomic mass is 32.1. The van der Waals surface area contributed by atoms with Crippen LogP contribution in [0.3, 0.4) is 0 Å². The van der Waals surface area contributed by atoms with E-state index in [0.29, 0.717) is 23.4 Å². The summed E-state index contributed by atoms with van der Waals surface area (Å²) in [4.78, 5) is 16.4. The van der Waals surface area contributed by atoms with Crippen LogP contribution in [0.5, 0.6) is 0 Å². The third kappa shape index (κ3) is 4.71. The van der Waals surface area contributed by atoms with Crippen LogP contribution in [-0.4, -0.2) is 27.4 Å². The molecule has 1 heterocycles. The highest BCUT2D eigenvalue weighted by Gasteiger charge is 2.34. The molecule has 6 nitrogen and oxygen atoms in total. The number of nitrogens with one attached hydrogen (secondary N) is 1. The summed E-state index contributed by atoms with van der Waals surface area (Å²) in [5.74, 6) is -1.45. The molecular formula is C17H15F4N5OS. The van der Waals surface area contributed by atoms with Gasteiger partial charge in [-0.1, -0.05) is 4.49 Å². The molecule has 0 unspecified atom stereocenters. The number of hydrogen-bond donors (Lipinski definition) is 2. The van der Waals surface area contributed by atoms with Gasteiger partial charge >= 0.3 is 6.18 Å². The quantitative estimate of drug-likeness (QED) is 0.570. The van der Waals surface area contributed by atoms with Crippen LogP contribution in [0.25, 0.3) is 0 Å². The number of anilines is 1. The predicted molar refractivity (Wildman–Crippen MR) is 97.1 cm³/mol. The number of allylic oxidation sites excluding steroid dienone is 2. The van der Waals surface area contributed by atoms with E-state index in [9.17, 15) is 22.4 Å². The standard InChI is InChI=1S/C17H15F4N5OS/c1-8-15(28-26-25-8)16(27)23-10-4-5-12(11(18)6-10)24-13(9-2-3-9)7-14(22)17(19,20)21/h4-7,9H,2-3,22H2,1H3,(H,23,27). The molecule has 1 aliphatic carbocycles. The summed E-state index contributed by atoms with van der Waals surface area (Å²) in [6.45, 7) is 1.62. The molecule has 1 fully saturated rings. The summed E-state index contributed by atoms with van der Waals surface area (Å²) in [7, 11) is 0. The van der Waals surface area contributed by atoms with Crippen molar-refractivity contribution >= 4 is 34.5 Å². The van der Waals surface area contributed by atoms with E-state index in [-0.39, 0.29) is 23.0 Å². The fourth-order valence-electron chi connectivity index (χ4n) is 2.30. The van der Waals surface area contributed by atoms with E-state index in [1.165, 1.54) is 12.1 Å². The van der Waals surface area contributed by atoms with E-state index in [2.05, 4.69) is 19.9 Å². The van der Waals surface area contributed by atoms with E-state index in [0.717, 1.165) is 23.7 Å². The molecule has 1 saturated carbocycles. The maximum atomic E-state index is 14.4. The van der Waals surface area contributed by atoms with Crippen LogP contribution < -0.4 is 11.1 Å². The van der Waals surface area contributed by atoms with Gasteiger partial charge in [-0.2, -0.15) is 13.2 Å². The molecule has 0 saturated heterocycles. The number of nitrogens with two attached hydrogens (primary N) is 1. The third-order valence-corrected chi connectivity index (χ3v) is 4.77. The molecule has 3 rings (SSSR count). The minimum Gasteiger partial charge on any atom is -0.395 e. The maximum Gasteiger partial charge on any atom is 0.430 e. The first kappa shape index (κ1) is 19.9. The van der Waals surface area contributed by atoms with E-state index in [4.69, 9.17) is 5.73 Å². The molecule has 148 valence electrons. The Hall–Kier alpha value is -2.82. The van der Waals surface area contributed by atoms with Crippen molar-refractivity contribution in [1.82, 2.24) is 9.59 Å². The molecular weight excluding hydrogens is 398 g/mol. The largest absolute Gasteiger partial charge is 0.430 e. The molecule has 1 aromatic carbocycles. The van der Waals surface area contributed by atoms with Crippen LogP contribution in [0.1, 0.15) is 28.2 Å². The number of alkyl halides is 3. The van der Waals surface area contributed by atoms with Crippen molar-refractivity contribution in [3.8, 4) is 0 Å². The number of carbonyl (C=O) groups excluding carboxylic acids is 1. The number of aromatic nitrogens is 2. The van der Waals surface area contributed by atoms with Gasteiger partial charge in [0.25, 0.3) is 5.91 Å². The fourth-order valence-corrected chi connectivity index (χ4v) is 2.86. The van der Waals surface area contributed by atoms with Crippen molar-refractivity contribution in [3.05, 3.63) is 46.4 Å². The van der Waals surface area contributed by atoms with Crippen molar-refractivity contribution in [2.75, 3.05) is 5.32 Å². The van der Waals surface area contributed by atoms with Crippen molar-refractivity contribution in [3.63, 3.8) is 0 Å². The Labute approximate surface area is 161 Å². The molecule has 2 aromatic rings. The average Bonchev–Trinajstić information content (AvgIpc) is 3.36. The molecule has 0 spiro atoms. The lowest BCUT2D eigenvalue weighted by Gasteiger charge is -2.08. The highest BCUT2D eigenvalue weighted by Crippen LogP contribution is 2.35. The Morgan fingerprint density at radius 3 is 2.64 bits per heavy atom. The van der Waals surface area contributed by atoms with Gasteiger partial charge in [0.1, 0.15) is 10.6 Å². The molecule has 28 heavy (non-hydrogen) atoms. The van der Waals surface area contributed by atoms with Gasteiger partial charge in [0.15, 0.2) is 5.82 Å². The van der Waals surface area contributed by atoms with Gasteiger partial charge in [-0.3, -0.25) is 9.79 Å². The Morgan fingerprint density at radius 2 is 2.11 bits per heavy atom. The first-order valence-corrected chi connectivity index (χ1v) is 8.95. The van der Waals surface area contributed by atoms with Gasteiger partial charge in [-0.05, 0) is 55.6 Å². The predicted octanol–water partition coefficient (Wildman–Crippen LogP) is 4.13. The first-order chi connectivity index (χ1) is 13.1. The zero-order valence-corrected chi connectivity index (χ0v) is 15.4. The molecule has 11 heteroatoms. The Bertz CT molecular complexity index is 963. The number of hydrogen-bond acceptors (Lipinski definition) is 6. The zero-order chi connectivity index (χ0) is 20.5. The molecule has 1 aromatic heterocycles. The minimum absolute atomic E-state index is 0.0804. The Morgan fingerprint density at radius 1 is 1.39 bits per heavy atom. The summed E-state index contributed by atoms with van der Waals surface area (Å²) in [6.07, 6.45) is -2.60. The van der Waals surface area contributed by atoms with Crippen molar-refractivity contribution in [2.45, 2.75) is 25.9 Å². The van der Waals surface area contributed by atoms with E-state index in [1.54, 1.807) is 6.92 Å². The molecule has 0 atom stereocenters. The molecule has 0 aliphatic heterocycles. The highest BCUT2D eigenvalue weighted by molar-refractivity contribution is 7.08. The lowest BCUT2D eigenvalue weighted by Crippen LogP contribution is -2.21. The summed E-state index contributed by atoms with van der Waals surface area (Å²) < 4.78 is 56.0. The van der Waals surface area contributed by atoms with Crippen molar-refractivity contribution < 1.29 is 22.4 Å². The number of halogens is 4. The number of aliphatic imine (C=N–C) groups is 1. The second-order valence-corrected chi connectivity index (χ2v) is 6.97. The zero-order valence-electron chi connectivity index (χ0n) is 14.5. The lowest BCUT2D eigenvalue weighted by atomic mass is 10.2.